The van der Waals surface area contributed by atoms with E-state index in [0.29, 0.717) is 11.7 Å². The van der Waals surface area contributed by atoms with Crippen molar-refractivity contribution in [3.05, 3.63) is 58.0 Å². The average Bonchev–Trinajstić information content (AvgIpc) is 3.10. The van der Waals surface area contributed by atoms with Gasteiger partial charge in [0.2, 0.25) is 0 Å². The van der Waals surface area contributed by atoms with Crippen LogP contribution in [0.5, 0.6) is 0 Å². The van der Waals surface area contributed by atoms with Gasteiger partial charge in [0.25, 0.3) is 0 Å². The van der Waals surface area contributed by atoms with Crippen LogP contribution in [-0.4, -0.2) is 51.6 Å². The van der Waals surface area contributed by atoms with E-state index in [0.717, 1.165) is 42.8 Å². The first-order chi connectivity index (χ1) is 13.0. The summed E-state index contributed by atoms with van der Waals surface area (Å²) in [6.07, 6.45) is 6.88. The number of nitrogens with one attached hydrogen (secondary N) is 1. The van der Waals surface area contributed by atoms with E-state index in [-0.39, 0.29) is 5.57 Å². The maximum Gasteiger partial charge on any atom is 0.331 e. The minimum atomic E-state index is -0.951. The Bertz CT molecular complexity index is 806. The lowest BCUT2D eigenvalue weighted by atomic mass is 10.1. The molecular weight excluding hydrogens is 408 g/mol. The predicted octanol–water partition coefficient (Wildman–Crippen LogP) is 3.46. The highest BCUT2D eigenvalue weighted by molar-refractivity contribution is 9.10. The molecular formula is C20H23BrN4O2. The Balaban J connectivity index is 1.47. The van der Waals surface area contributed by atoms with Crippen molar-refractivity contribution < 1.29 is 9.90 Å². The lowest BCUT2D eigenvalue weighted by molar-refractivity contribution is -0.132. The van der Waals surface area contributed by atoms with Gasteiger partial charge in [0, 0.05) is 35.7 Å². The standard InChI is InChI=1S/C20H23BrN4O2/c1-14(20(26)27)10-18-11-23-19(12-22-18)24-17-7-9-25(13-17)8-6-15-2-4-16(21)5-3-15/h2-5,10-12,17H,6-9,13H2,1H3,(H,23,24)(H,26,27)/b14-10+/t17-/m1/s1. The van der Waals surface area contributed by atoms with Gasteiger partial charge in [-0.3, -0.25) is 4.98 Å². The molecule has 142 valence electrons. The van der Waals surface area contributed by atoms with Gasteiger partial charge in [0.15, 0.2) is 0 Å². The monoisotopic (exact) mass is 430 g/mol. The van der Waals surface area contributed by atoms with Gasteiger partial charge in [0.05, 0.1) is 18.1 Å². The van der Waals surface area contributed by atoms with Gasteiger partial charge in [-0.15, -0.1) is 0 Å². The molecule has 1 atom stereocenters. The van der Waals surface area contributed by atoms with E-state index in [1.54, 1.807) is 12.4 Å². The fourth-order valence-electron chi connectivity index (χ4n) is 3.07. The Morgan fingerprint density at radius 3 is 2.78 bits per heavy atom. The summed E-state index contributed by atoms with van der Waals surface area (Å²) in [4.78, 5) is 21.9. The zero-order valence-electron chi connectivity index (χ0n) is 15.2. The molecule has 7 heteroatoms. The van der Waals surface area contributed by atoms with Crippen molar-refractivity contribution in [2.75, 3.05) is 25.0 Å². The molecule has 1 aliphatic rings. The number of carbonyl (C=O) groups is 1. The summed E-state index contributed by atoms with van der Waals surface area (Å²) in [6.45, 7) is 4.64. The number of nitrogens with zero attached hydrogens (tertiary/aromatic N) is 3. The second-order valence-electron chi connectivity index (χ2n) is 6.77. The molecule has 1 aromatic heterocycles. The third-order valence-corrected chi connectivity index (χ3v) is 5.16. The van der Waals surface area contributed by atoms with Crippen molar-refractivity contribution in [2.24, 2.45) is 0 Å². The Labute approximate surface area is 167 Å². The number of rotatable bonds is 7. The molecule has 0 bridgehead atoms. The normalized spacial score (nSPS) is 17.9. The molecule has 1 fully saturated rings. The van der Waals surface area contributed by atoms with E-state index in [1.807, 2.05) is 0 Å². The fraction of sp³-hybridized carbons (Fsp3) is 0.350. The number of benzene rings is 1. The molecule has 1 aliphatic heterocycles. The number of carboxylic acids is 1. The van der Waals surface area contributed by atoms with Crippen molar-refractivity contribution in [3.63, 3.8) is 0 Å². The Kier molecular flexibility index (Phi) is 6.58. The summed E-state index contributed by atoms with van der Waals surface area (Å²) in [5, 5.41) is 12.3. The van der Waals surface area contributed by atoms with Crippen molar-refractivity contribution >= 4 is 33.8 Å². The van der Waals surface area contributed by atoms with Crippen LogP contribution in [0.15, 0.2) is 46.7 Å². The summed E-state index contributed by atoms with van der Waals surface area (Å²) in [6, 6.07) is 8.84. The van der Waals surface area contributed by atoms with Gasteiger partial charge in [0.1, 0.15) is 5.82 Å². The molecule has 0 unspecified atom stereocenters. The second-order valence-corrected chi connectivity index (χ2v) is 7.68. The first-order valence-corrected chi connectivity index (χ1v) is 9.76. The molecule has 1 aromatic carbocycles. The first kappa shape index (κ1) is 19.5. The van der Waals surface area contributed by atoms with Gasteiger partial charge in [-0.25, -0.2) is 9.78 Å². The first-order valence-electron chi connectivity index (χ1n) is 8.96. The predicted molar refractivity (Wildman–Crippen MR) is 110 cm³/mol. The van der Waals surface area contributed by atoms with E-state index in [2.05, 4.69) is 60.4 Å². The zero-order valence-corrected chi connectivity index (χ0v) is 16.8. The van der Waals surface area contributed by atoms with Gasteiger partial charge in [-0.05, 0) is 43.5 Å². The summed E-state index contributed by atoms with van der Waals surface area (Å²) in [5.41, 5.74) is 2.13. The highest BCUT2D eigenvalue weighted by Crippen LogP contribution is 2.16. The molecule has 27 heavy (non-hydrogen) atoms. The molecule has 2 aromatic rings. The zero-order chi connectivity index (χ0) is 19.2. The van der Waals surface area contributed by atoms with Crippen molar-refractivity contribution in [3.8, 4) is 0 Å². The van der Waals surface area contributed by atoms with Gasteiger partial charge < -0.3 is 15.3 Å². The molecule has 1 saturated heterocycles. The van der Waals surface area contributed by atoms with Crippen LogP contribution in [-0.2, 0) is 11.2 Å². The molecule has 0 amide bonds. The van der Waals surface area contributed by atoms with Crippen LogP contribution in [0.3, 0.4) is 0 Å². The van der Waals surface area contributed by atoms with E-state index < -0.39 is 5.97 Å². The van der Waals surface area contributed by atoms with Crippen molar-refractivity contribution in [1.29, 1.82) is 0 Å². The molecule has 0 saturated carbocycles. The lowest BCUT2D eigenvalue weighted by Gasteiger charge is -2.17. The van der Waals surface area contributed by atoms with Crippen LogP contribution in [0, 0.1) is 0 Å². The van der Waals surface area contributed by atoms with E-state index >= 15 is 0 Å². The van der Waals surface area contributed by atoms with Crippen molar-refractivity contribution in [1.82, 2.24) is 14.9 Å². The number of hydrogen-bond acceptors (Lipinski definition) is 5. The number of hydrogen-bond donors (Lipinski definition) is 2. The Hall–Kier alpha value is -2.25. The maximum absolute atomic E-state index is 10.9. The smallest absolute Gasteiger partial charge is 0.331 e. The molecule has 6 nitrogen and oxygen atoms in total. The lowest BCUT2D eigenvalue weighted by Crippen LogP contribution is -2.28. The van der Waals surface area contributed by atoms with E-state index in [9.17, 15) is 4.79 Å². The highest BCUT2D eigenvalue weighted by Gasteiger charge is 2.22. The van der Waals surface area contributed by atoms with E-state index in [1.165, 1.54) is 18.6 Å². The molecule has 2 N–H and O–H groups in total. The van der Waals surface area contributed by atoms with Crippen molar-refractivity contribution in [2.45, 2.75) is 25.8 Å². The van der Waals surface area contributed by atoms with Gasteiger partial charge >= 0.3 is 5.97 Å². The topological polar surface area (TPSA) is 78.4 Å². The van der Waals surface area contributed by atoms with Crippen LogP contribution in [0.2, 0.25) is 0 Å². The number of anilines is 1. The second kappa shape index (κ2) is 9.10. The number of likely N-dealkylation sites (tertiary alicyclic amines) is 1. The number of aliphatic carboxylic acids is 1. The minimum absolute atomic E-state index is 0.238. The highest BCUT2D eigenvalue weighted by atomic mass is 79.9. The number of halogens is 1. The summed E-state index contributed by atoms with van der Waals surface area (Å²) < 4.78 is 1.11. The van der Waals surface area contributed by atoms with Crippen LogP contribution >= 0.6 is 15.9 Å². The van der Waals surface area contributed by atoms with Crippen LogP contribution < -0.4 is 5.32 Å². The summed E-state index contributed by atoms with van der Waals surface area (Å²) in [5.74, 6) is -0.229. The van der Waals surface area contributed by atoms with E-state index in [4.69, 9.17) is 5.11 Å². The minimum Gasteiger partial charge on any atom is -0.478 e. The summed E-state index contributed by atoms with van der Waals surface area (Å²) >= 11 is 3.47. The molecule has 3 rings (SSSR count). The fourth-order valence-corrected chi connectivity index (χ4v) is 3.34. The van der Waals surface area contributed by atoms with Crippen LogP contribution in [0.4, 0.5) is 5.82 Å². The maximum atomic E-state index is 10.9. The number of carboxylic acid groups (broad SMARTS) is 1. The third-order valence-electron chi connectivity index (χ3n) is 4.63. The Morgan fingerprint density at radius 1 is 1.33 bits per heavy atom. The average molecular weight is 431 g/mol. The van der Waals surface area contributed by atoms with Crippen LogP contribution in [0.1, 0.15) is 24.6 Å². The van der Waals surface area contributed by atoms with Gasteiger partial charge in [-0.1, -0.05) is 28.1 Å². The number of aromatic nitrogens is 2. The van der Waals surface area contributed by atoms with Crippen LogP contribution in [0.25, 0.3) is 6.08 Å². The summed E-state index contributed by atoms with van der Waals surface area (Å²) in [7, 11) is 0. The SMILES string of the molecule is C/C(=C\c1cnc(N[C@@H]2CCN(CCc3ccc(Br)cc3)C2)cn1)C(=O)O. The molecule has 0 aliphatic carbocycles. The molecule has 2 heterocycles. The van der Waals surface area contributed by atoms with Gasteiger partial charge in [-0.2, -0.15) is 0 Å². The molecule has 0 spiro atoms. The largest absolute Gasteiger partial charge is 0.478 e. The quantitative estimate of drug-likeness (QED) is 0.654. The third kappa shape index (κ3) is 5.87. The Morgan fingerprint density at radius 2 is 2.11 bits per heavy atom. The molecule has 0 radical (unpaired) electrons.